The Kier molecular flexibility index (Phi) is 12.2. The third-order valence-electron chi connectivity index (χ3n) is 17.6. The average molecular weight is 699 g/mol. The predicted molar refractivity (Wildman–Crippen MR) is 208 cm³/mol. The van der Waals surface area contributed by atoms with Gasteiger partial charge in [-0.25, -0.2) is 0 Å². The predicted octanol–water partition coefficient (Wildman–Crippen LogP) is 11.7. The van der Waals surface area contributed by atoms with Crippen LogP contribution in [-0.2, 0) is 14.2 Å². The van der Waals surface area contributed by atoms with E-state index < -0.39 is 5.97 Å². The molecule has 0 heterocycles. The molecule has 5 rings (SSSR count). The van der Waals surface area contributed by atoms with Gasteiger partial charge in [-0.2, -0.15) is 0 Å². The van der Waals surface area contributed by atoms with Gasteiger partial charge >= 0.3 is 0 Å². The first-order chi connectivity index (χ1) is 23.3. The van der Waals surface area contributed by atoms with E-state index in [1.807, 2.05) is 21.0 Å². The molecular formula is C46H82O4. The first-order valence-corrected chi connectivity index (χ1v) is 21.6. The van der Waals surface area contributed by atoms with Crippen LogP contribution < -0.4 is 0 Å². The fourth-order valence-electron chi connectivity index (χ4n) is 15.7. The van der Waals surface area contributed by atoms with Crippen LogP contribution in [0.1, 0.15) is 148 Å². The van der Waals surface area contributed by atoms with Crippen molar-refractivity contribution in [3.8, 4) is 0 Å². The second kappa shape index (κ2) is 15.0. The molecule has 5 aliphatic carbocycles. The van der Waals surface area contributed by atoms with Gasteiger partial charge in [0.15, 0.2) is 0 Å². The van der Waals surface area contributed by atoms with Crippen molar-refractivity contribution in [1.82, 2.24) is 0 Å². The van der Waals surface area contributed by atoms with Crippen molar-refractivity contribution >= 4 is 0 Å². The second-order valence-corrected chi connectivity index (χ2v) is 20.6. The van der Waals surface area contributed by atoms with Crippen molar-refractivity contribution in [3.63, 3.8) is 0 Å². The lowest BCUT2D eigenvalue weighted by molar-refractivity contribution is -0.394. The average Bonchev–Trinajstić information content (AvgIpc) is 3.02. The van der Waals surface area contributed by atoms with E-state index >= 15 is 0 Å². The van der Waals surface area contributed by atoms with Gasteiger partial charge in [0.05, 0.1) is 6.10 Å². The zero-order chi connectivity index (χ0) is 37.1. The third-order valence-corrected chi connectivity index (χ3v) is 17.6. The number of fused-ring (bicyclic) bond motifs is 3. The van der Waals surface area contributed by atoms with Crippen molar-refractivity contribution < 1.29 is 19.3 Å². The van der Waals surface area contributed by atoms with Gasteiger partial charge in [-0.3, -0.25) is 0 Å². The first kappa shape index (κ1) is 40.8. The molecule has 5 saturated carbocycles. The molecule has 0 aromatic carbocycles. The van der Waals surface area contributed by atoms with E-state index in [1.54, 1.807) is 5.57 Å². The Morgan fingerprint density at radius 1 is 0.880 bits per heavy atom. The lowest BCUT2D eigenvalue weighted by atomic mass is 9.32. The van der Waals surface area contributed by atoms with E-state index in [1.165, 1.54) is 25.7 Å². The van der Waals surface area contributed by atoms with E-state index in [2.05, 4.69) is 76.2 Å². The summed E-state index contributed by atoms with van der Waals surface area (Å²) >= 11 is 0. The van der Waals surface area contributed by atoms with Gasteiger partial charge in [-0.05, 0) is 165 Å². The molecule has 290 valence electrons. The number of ether oxygens (including phenoxy) is 3. The van der Waals surface area contributed by atoms with Crippen LogP contribution in [0.3, 0.4) is 0 Å². The molecule has 4 nitrogen and oxygen atoms in total. The largest absolute Gasteiger partial charge is 0.381 e. The molecule has 0 aliphatic heterocycles. The number of hydrogen-bond acceptors (Lipinski definition) is 4. The van der Waals surface area contributed by atoms with Crippen LogP contribution in [0.5, 0.6) is 0 Å². The topological polar surface area (TPSA) is 47.9 Å². The summed E-state index contributed by atoms with van der Waals surface area (Å²) in [6, 6.07) is 0. The van der Waals surface area contributed by atoms with E-state index in [-0.39, 0.29) is 5.92 Å². The van der Waals surface area contributed by atoms with Crippen LogP contribution >= 0.6 is 0 Å². The number of allylic oxidation sites excluding steroid dienone is 1. The highest BCUT2D eigenvalue weighted by molar-refractivity contribution is 5.27. The molecule has 0 bridgehead atoms. The van der Waals surface area contributed by atoms with Gasteiger partial charge in [0, 0.05) is 26.2 Å². The van der Waals surface area contributed by atoms with Crippen molar-refractivity contribution in [2.24, 2.45) is 99.1 Å². The highest BCUT2D eigenvalue weighted by Crippen LogP contribution is 2.75. The maximum atomic E-state index is 12.2. The molecule has 0 aromatic rings. The zero-order valence-electron chi connectivity index (χ0n) is 35.3. The molecule has 0 aromatic heterocycles. The standard InChI is InChI=1S/C46H82O4/c1-16-49-46(47,50-17-2)39(34-18-20-36(48-15)21-19-34)23-35-22-37(27(3)4)38-25-43(12)26-44(13)24-29(7)40(28(5)6)32(10)45(44,14)33(11)42(43)31(9)41(38)30(35)8/h27-30,32-42,47H,9,16-26H2,1-8,10-15H3. The summed E-state index contributed by atoms with van der Waals surface area (Å²) in [5.74, 6) is 6.45. The Bertz CT molecular complexity index is 1150. The maximum absolute atomic E-state index is 12.2. The summed E-state index contributed by atoms with van der Waals surface area (Å²) in [6.45, 7) is 38.6. The summed E-state index contributed by atoms with van der Waals surface area (Å²) in [4.78, 5) is 0. The number of aliphatic hydroxyl groups is 1. The molecule has 50 heavy (non-hydrogen) atoms. The van der Waals surface area contributed by atoms with E-state index in [4.69, 9.17) is 20.8 Å². The molecule has 14 unspecified atom stereocenters. The molecule has 5 fully saturated rings. The summed E-state index contributed by atoms with van der Waals surface area (Å²) in [5, 5.41) is 12.2. The molecule has 4 heteroatoms. The van der Waals surface area contributed by atoms with Gasteiger partial charge in [0.1, 0.15) is 0 Å². The van der Waals surface area contributed by atoms with E-state index in [9.17, 15) is 5.11 Å². The van der Waals surface area contributed by atoms with Gasteiger partial charge in [0.2, 0.25) is 0 Å². The van der Waals surface area contributed by atoms with Gasteiger partial charge in [-0.1, -0.05) is 88.3 Å². The summed E-state index contributed by atoms with van der Waals surface area (Å²) in [6.07, 6.45) is 10.8. The quantitative estimate of drug-likeness (QED) is 0.172. The summed E-state index contributed by atoms with van der Waals surface area (Å²) in [7, 11) is 1.85. The third kappa shape index (κ3) is 6.65. The van der Waals surface area contributed by atoms with Crippen LogP contribution in [-0.4, -0.2) is 37.5 Å². The highest BCUT2D eigenvalue weighted by atomic mass is 16.8. The first-order valence-electron chi connectivity index (χ1n) is 21.6. The van der Waals surface area contributed by atoms with Gasteiger partial charge in [-0.15, -0.1) is 0 Å². The molecule has 14 atom stereocenters. The minimum Gasteiger partial charge on any atom is -0.381 e. The van der Waals surface area contributed by atoms with Crippen molar-refractivity contribution in [2.75, 3.05) is 20.3 Å². The SMILES string of the molecule is C=C1C2C(C)C(CC(C3CCC(OC)CC3)C(O)(OCC)OCC)CC(C(C)C)C2CC2(C)CC3(C)CC(C)C(C(C)C)C(C)C3(C)C(C)C12. The smallest absolute Gasteiger partial charge is 0.283 e. The van der Waals surface area contributed by atoms with Crippen molar-refractivity contribution in [3.05, 3.63) is 12.2 Å². The maximum Gasteiger partial charge on any atom is 0.283 e. The Hall–Kier alpha value is -0.420. The Balaban J connectivity index is 1.51. The summed E-state index contributed by atoms with van der Waals surface area (Å²) < 4.78 is 18.2. The van der Waals surface area contributed by atoms with E-state index in [0.717, 1.165) is 49.9 Å². The van der Waals surface area contributed by atoms with Crippen LogP contribution in [0, 0.1) is 99.1 Å². The summed E-state index contributed by atoms with van der Waals surface area (Å²) in [5.41, 5.74) is 2.53. The molecule has 0 saturated heterocycles. The molecule has 1 N–H and O–H groups in total. The van der Waals surface area contributed by atoms with Gasteiger partial charge in [0.25, 0.3) is 5.97 Å². The molecule has 5 aliphatic rings. The lowest BCUT2D eigenvalue weighted by Crippen LogP contribution is -2.66. The Labute approximate surface area is 310 Å². The lowest BCUT2D eigenvalue weighted by Gasteiger charge is -2.72. The molecule has 0 spiro atoms. The van der Waals surface area contributed by atoms with Crippen LogP contribution in [0.25, 0.3) is 0 Å². The Morgan fingerprint density at radius 3 is 2.00 bits per heavy atom. The minimum atomic E-state index is -1.54. The van der Waals surface area contributed by atoms with Gasteiger partial charge < -0.3 is 19.3 Å². The highest BCUT2D eigenvalue weighted by Gasteiger charge is 2.68. The monoisotopic (exact) mass is 699 g/mol. The van der Waals surface area contributed by atoms with Crippen LogP contribution in [0.2, 0.25) is 0 Å². The number of hydrogen-bond donors (Lipinski definition) is 1. The Morgan fingerprint density at radius 2 is 1.48 bits per heavy atom. The number of methoxy groups -OCH3 is 1. The second-order valence-electron chi connectivity index (χ2n) is 20.6. The fourth-order valence-corrected chi connectivity index (χ4v) is 15.7. The minimum absolute atomic E-state index is 0.0505. The van der Waals surface area contributed by atoms with Crippen LogP contribution in [0.15, 0.2) is 12.2 Å². The zero-order valence-corrected chi connectivity index (χ0v) is 35.3. The van der Waals surface area contributed by atoms with E-state index in [0.29, 0.717) is 94.7 Å². The fraction of sp³-hybridized carbons (Fsp3) is 0.957. The van der Waals surface area contributed by atoms with Crippen LogP contribution in [0.4, 0.5) is 0 Å². The molecule has 0 radical (unpaired) electrons. The van der Waals surface area contributed by atoms with Crippen molar-refractivity contribution in [1.29, 1.82) is 0 Å². The van der Waals surface area contributed by atoms with Crippen molar-refractivity contribution in [2.45, 2.75) is 160 Å². The number of rotatable bonds is 11. The molecule has 0 amide bonds. The normalized spacial score (nSPS) is 47.5. The molecular weight excluding hydrogens is 617 g/mol.